The highest BCUT2D eigenvalue weighted by molar-refractivity contribution is 5.49. The lowest BCUT2D eigenvalue weighted by molar-refractivity contribution is 0.310. The summed E-state index contributed by atoms with van der Waals surface area (Å²) >= 11 is 0. The van der Waals surface area contributed by atoms with Gasteiger partial charge in [-0.3, -0.25) is 0 Å². The summed E-state index contributed by atoms with van der Waals surface area (Å²) in [7, 11) is 1.65. The summed E-state index contributed by atoms with van der Waals surface area (Å²) in [6.45, 7) is 3.27. The number of ether oxygens (including phenoxy) is 3. The fraction of sp³-hybridized carbons (Fsp3) is 0.182. The van der Waals surface area contributed by atoms with E-state index < -0.39 is 0 Å². The van der Waals surface area contributed by atoms with E-state index in [2.05, 4.69) is 5.32 Å². The van der Waals surface area contributed by atoms with Crippen molar-refractivity contribution in [2.45, 2.75) is 13.5 Å². The summed E-state index contributed by atoms with van der Waals surface area (Å²) in [6, 6.07) is 23.6. The van der Waals surface area contributed by atoms with Crippen LogP contribution in [-0.4, -0.2) is 13.7 Å². The Morgan fingerprint density at radius 3 is 2.23 bits per heavy atom. The molecule has 4 nitrogen and oxygen atoms in total. The van der Waals surface area contributed by atoms with Crippen molar-refractivity contribution in [1.29, 1.82) is 0 Å². The number of nitrogens with one attached hydrogen (secondary N) is 1. The molecule has 0 aliphatic carbocycles. The van der Waals surface area contributed by atoms with Crippen molar-refractivity contribution in [2.24, 2.45) is 0 Å². The zero-order valence-corrected chi connectivity index (χ0v) is 15.1. The molecule has 0 amide bonds. The molecule has 3 rings (SSSR count). The largest absolute Gasteiger partial charge is 0.493 e. The van der Waals surface area contributed by atoms with Crippen LogP contribution in [0.3, 0.4) is 0 Å². The number of para-hydroxylation sites is 1. The Morgan fingerprint density at radius 1 is 0.808 bits per heavy atom. The van der Waals surface area contributed by atoms with E-state index in [0.717, 1.165) is 34.2 Å². The number of hydrogen-bond donors (Lipinski definition) is 1. The molecule has 0 saturated heterocycles. The summed E-state index contributed by atoms with van der Waals surface area (Å²) < 4.78 is 16.7. The van der Waals surface area contributed by atoms with E-state index >= 15 is 0 Å². The van der Waals surface area contributed by atoms with E-state index in [4.69, 9.17) is 14.2 Å². The maximum absolute atomic E-state index is 5.81. The molecule has 26 heavy (non-hydrogen) atoms. The molecular formula is C22H23NO3. The van der Waals surface area contributed by atoms with Crippen LogP contribution in [0.1, 0.15) is 12.5 Å². The summed E-state index contributed by atoms with van der Waals surface area (Å²) in [4.78, 5) is 0. The Morgan fingerprint density at radius 2 is 1.54 bits per heavy atom. The highest BCUT2D eigenvalue weighted by Gasteiger charge is 2.05. The van der Waals surface area contributed by atoms with Crippen molar-refractivity contribution in [2.75, 3.05) is 19.0 Å². The maximum atomic E-state index is 5.81. The van der Waals surface area contributed by atoms with Crippen LogP contribution in [0.25, 0.3) is 0 Å². The molecule has 0 radical (unpaired) electrons. The van der Waals surface area contributed by atoms with Crippen molar-refractivity contribution >= 4 is 5.69 Å². The van der Waals surface area contributed by atoms with Crippen molar-refractivity contribution in [1.82, 2.24) is 0 Å². The third-order valence-corrected chi connectivity index (χ3v) is 3.86. The molecule has 1 N–H and O–H groups in total. The minimum absolute atomic E-state index is 0.607. The molecule has 0 saturated carbocycles. The summed E-state index contributed by atoms with van der Waals surface area (Å²) in [5.41, 5.74) is 2.15. The van der Waals surface area contributed by atoms with E-state index in [-0.39, 0.29) is 0 Å². The van der Waals surface area contributed by atoms with Crippen LogP contribution in [0, 0.1) is 0 Å². The van der Waals surface area contributed by atoms with Crippen molar-refractivity contribution in [3.8, 4) is 23.0 Å². The number of hydrogen-bond acceptors (Lipinski definition) is 4. The third-order valence-electron chi connectivity index (χ3n) is 3.86. The van der Waals surface area contributed by atoms with Crippen LogP contribution in [0.15, 0.2) is 72.8 Å². The fourth-order valence-corrected chi connectivity index (χ4v) is 2.57. The number of benzene rings is 3. The van der Waals surface area contributed by atoms with Crippen LogP contribution < -0.4 is 19.5 Å². The van der Waals surface area contributed by atoms with Crippen LogP contribution in [0.5, 0.6) is 23.0 Å². The quantitative estimate of drug-likeness (QED) is 0.583. The normalized spacial score (nSPS) is 10.2. The number of methoxy groups -OCH3 is 1. The molecule has 0 aliphatic rings. The molecule has 0 bridgehead atoms. The van der Waals surface area contributed by atoms with Crippen molar-refractivity contribution < 1.29 is 14.2 Å². The maximum Gasteiger partial charge on any atom is 0.161 e. The second-order valence-corrected chi connectivity index (χ2v) is 5.71. The molecule has 3 aromatic rings. The zero-order valence-electron chi connectivity index (χ0n) is 15.1. The van der Waals surface area contributed by atoms with Gasteiger partial charge in [0.15, 0.2) is 11.5 Å². The van der Waals surface area contributed by atoms with Gasteiger partial charge in [0.1, 0.15) is 11.5 Å². The lowest BCUT2D eigenvalue weighted by Crippen LogP contribution is -2.01. The van der Waals surface area contributed by atoms with Gasteiger partial charge in [0.05, 0.1) is 13.7 Å². The molecule has 134 valence electrons. The van der Waals surface area contributed by atoms with Crippen LogP contribution in [0.4, 0.5) is 5.69 Å². The van der Waals surface area contributed by atoms with E-state index in [9.17, 15) is 0 Å². The summed E-state index contributed by atoms with van der Waals surface area (Å²) in [6.07, 6.45) is 0. The van der Waals surface area contributed by atoms with E-state index in [1.807, 2.05) is 79.7 Å². The van der Waals surface area contributed by atoms with Gasteiger partial charge >= 0.3 is 0 Å². The fourth-order valence-electron chi connectivity index (χ4n) is 2.57. The van der Waals surface area contributed by atoms with Crippen molar-refractivity contribution in [3.63, 3.8) is 0 Å². The Labute approximate surface area is 154 Å². The zero-order chi connectivity index (χ0) is 18.2. The first kappa shape index (κ1) is 17.7. The molecule has 3 aromatic carbocycles. The van der Waals surface area contributed by atoms with Crippen molar-refractivity contribution in [3.05, 3.63) is 78.4 Å². The third kappa shape index (κ3) is 4.70. The minimum atomic E-state index is 0.607. The van der Waals surface area contributed by atoms with Gasteiger partial charge in [-0.2, -0.15) is 0 Å². The van der Waals surface area contributed by atoms with E-state index in [1.165, 1.54) is 0 Å². The monoisotopic (exact) mass is 349 g/mol. The Balaban J connectivity index is 1.60. The molecule has 0 fully saturated rings. The second kappa shape index (κ2) is 8.81. The number of anilines is 1. The lowest BCUT2D eigenvalue weighted by atomic mass is 10.2. The van der Waals surface area contributed by atoms with Crippen LogP contribution >= 0.6 is 0 Å². The highest BCUT2D eigenvalue weighted by atomic mass is 16.5. The molecular weight excluding hydrogens is 326 g/mol. The topological polar surface area (TPSA) is 39.7 Å². The van der Waals surface area contributed by atoms with Gasteiger partial charge in [-0.25, -0.2) is 0 Å². The molecule has 0 spiro atoms. The Hall–Kier alpha value is -3.14. The molecule has 0 atom stereocenters. The highest BCUT2D eigenvalue weighted by Crippen LogP contribution is 2.28. The van der Waals surface area contributed by atoms with Crippen LogP contribution in [0.2, 0.25) is 0 Å². The standard InChI is InChI=1S/C22H23NO3/c1-3-25-22-15-17(9-14-21(22)24-2)16-23-18-10-12-20(13-11-18)26-19-7-5-4-6-8-19/h4-15,23H,3,16H2,1-2H3. The first-order valence-corrected chi connectivity index (χ1v) is 8.65. The van der Waals surface area contributed by atoms with E-state index in [1.54, 1.807) is 7.11 Å². The van der Waals surface area contributed by atoms with Crippen LogP contribution in [-0.2, 0) is 6.54 Å². The Kier molecular flexibility index (Phi) is 5.99. The average Bonchev–Trinajstić information content (AvgIpc) is 2.69. The smallest absolute Gasteiger partial charge is 0.161 e. The molecule has 0 unspecified atom stereocenters. The van der Waals surface area contributed by atoms with Gasteiger partial charge in [-0.1, -0.05) is 24.3 Å². The van der Waals surface area contributed by atoms with Gasteiger partial charge < -0.3 is 19.5 Å². The molecule has 0 aromatic heterocycles. The molecule has 0 aliphatic heterocycles. The SMILES string of the molecule is CCOc1cc(CNc2ccc(Oc3ccccc3)cc2)ccc1OC. The minimum Gasteiger partial charge on any atom is -0.493 e. The molecule has 4 heteroatoms. The van der Waals surface area contributed by atoms with Gasteiger partial charge in [-0.15, -0.1) is 0 Å². The summed E-state index contributed by atoms with van der Waals surface area (Å²) in [5.74, 6) is 3.15. The lowest BCUT2D eigenvalue weighted by Gasteiger charge is -2.12. The molecule has 0 heterocycles. The first-order valence-electron chi connectivity index (χ1n) is 8.65. The van der Waals surface area contributed by atoms with Gasteiger partial charge in [0.2, 0.25) is 0 Å². The average molecular weight is 349 g/mol. The van der Waals surface area contributed by atoms with Gasteiger partial charge in [-0.05, 0) is 61.0 Å². The van der Waals surface area contributed by atoms with Gasteiger partial charge in [0.25, 0.3) is 0 Å². The van der Waals surface area contributed by atoms with Gasteiger partial charge in [0, 0.05) is 12.2 Å². The first-order chi connectivity index (χ1) is 12.8. The Bertz CT molecular complexity index is 817. The second-order valence-electron chi connectivity index (χ2n) is 5.71. The predicted octanol–water partition coefficient (Wildman–Crippen LogP) is 5.50. The number of rotatable bonds is 8. The summed E-state index contributed by atoms with van der Waals surface area (Å²) in [5, 5.41) is 3.41. The predicted molar refractivity (Wildman–Crippen MR) is 104 cm³/mol. The van der Waals surface area contributed by atoms with E-state index in [0.29, 0.717) is 13.2 Å².